The van der Waals surface area contributed by atoms with Crippen LogP contribution in [0.15, 0.2) is 24.3 Å². The second kappa shape index (κ2) is 10.8. The molecule has 0 radical (unpaired) electrons. The number of hydrogen-bond donors (Lipinski definition) is 1. The summed E-state index contributed by atoms with van der Waals surface area (Å²) in [7, 11) is 2.08. The van der Waals surface area contributed by atoms with Crippen molar-refractivity contribution >= 4 is 0 Å². The van der Waals surface area contributed by atoms with E-state index in [0.717, 1.165) is 13.0 Å². The van der Waals surface area contributed by atoms with Crippen molar-refractivity contribution in [2.45, 2.75) is 58.9 Å². The zero-order valence-corrected chi connectivity index (χ0v) is 14.5. The van der Waals surface area contributed by atoms with E-state index >= 15 is 0 Å². The molecule has 1 atom stereocenters. The predicted molar refractivity (Wildman–Crippen MR) is 93.9 cm³/mol. The maximum atomic E-state index is 3.50. The normalized spacial score (nSPS) is 12.8. The summed E-state index contributed by atoms with van der Waals surface area (Å²) in [6, 6.07) is 9.55. The number of hydrogen-bond acceptors (Lipinski definition) is 2. The fraction of sp³-hybridized carbons (Fsp3) is 0.684. The number of benzene rings is 1. The Morgan fingerprint density at radius 2 is 1.52 bits per heavy atom. The van der Waals surface area contributed by atoms with Gasteiger partial charge >= 0.3 is 0 Å². The van der Waals surface area contributed by atoms with E-state index in [2.05, 4.69) is 62.3 Å². The summed E-state index contributed by atoms with van der Waals surface area (Å²) in [5.74, 6) is 0. The van der Waals surface area contributed by atoms with Gasteiger partial charge in [0.05, 0.1) is 0 Å². The molecule has 1 N–H and O–H groups in total. The highest BCUT2D eigenvalue weighted by Crippen LogP contribution is 2.16. The number of unbranched alkanes of at least 4 members (excludes halogenated alkanes) is 2. The van der Waals surface area contributed by atoms with Crippen LogP contribution in [-0.2, 0) is 6.42 Å². The van der Waals surface area contributed by atoms with Gasteiger partial charge in [0.1, 0.15) is 0 Å². The largest absolute Gasteiger partial charge is 0.312 e. The maximum Gasteiger partial charge on any atom is 0.0446 e. The van der Waals surface area contributed by atoms with Crippen LogP contribution in [0.25, 0.3) is 0 Å². The number of aryl methyl sites for hydroxylation is 1. The minimum absolute atomic E-state index is 0.435. The second-order valence-electron chi connectivity index (χ2n) is 5.94. The van der Waals surface area contributed by atoms with Crippen molar-refractivity contribution in [1.82, 2.24) is 10.2 Å². The first-order chi connectivity index (χ1) is 10.2. The molecule has 0 saturated carbocycles. The lowest BCUT2D eigenvalue weighted by Crippen LogP contribution is -2.35. The zero-order valence-electron chi connectivity index (χ0n) is 14.5. The van der Waals surface area contributed by atoms with Crippen LogP contribution in [-0.4, -0.2) is 31.6 Å². The zero-order chi connectivity index (χ0) is 15.5. The van der Waals surface area contributed by atoms with E-state index in [9.17, 15) is 0 Å². The molecule has 0 aliphatic carbocycles. The highest BCUT2D eigenvalue weighted by Gasteiger charge is 2.14. The van der Waals surface area contributed by atoms with Crippen LogP contribution < -0.4 is 5.32 Å². The Balaban J connectivity index is 2.66. The van der Waals surface area contributed by atoms with Crippen molar-refractivity contribution in [3.05, 3.63) is 35.4 Å². The molecule has 1 rings (SSSR count). The van der Waals surface area contributed by atoms with Crippen LogP contribution in [0.2, 0.25) is 0 Å². The summed E-state index contributed by atoms with van der Waals surface area (Å²) in [4.78, 5) is 2.63. The number of nitrogens with one attached hydrogen (secondary N) is 1. The molecule has 0 heterocycles. The number of rotatable bonds is 11. The molecule has 21 heavy (non-hydrogen) atoms. The van der Waals surface area contributed by atoms with Gasteiger partial charge in [-0.25, -0.2) is 0 Å². The third-order valence-corrected chi connectivity index (χ3v) is 4.24. The molecule has 2 heteroatoms. The first kappa shape index (κ1) is 18.2. The first-order valence-corrected chi connectivity index (χ1v) is 8.73. The van der Waals surface area contributed by atoms with E-state index in [1.54, 1.807) is 0 Å². The van der Waals surface area contributed by atoms with Gasteiger partial charge in [0.25, 0.3) is 0 Å². The summed E-state index contributed by atoms with van der Waals surface area (Å²) in [6.45, 7) is 10.3. The van der Waals surface area contributed by atoms with Crippen molar-refractivity contribution in [2.24, 2.45) is 0 Å². The Kier molecular flexibility index (Phi) is 9.36. The smallest absolute Gasteiger partial charge is 0.0446 e. The molecule has 0 aliphatic rings. The van der Waals surface area contributed by atoms with Crippen molar-refractivity contribution < 1.29 is 0 Å². The van der Waals surface area contributed by atoms with Crippen molar-refractivity contribution in [2.75, 3.05) is 26.7 Å². The average molecular weight is 290 g/mol. The predicted octanol–water partition coefficient (Wildman–Crippen LogP) is 4.41. The van der Waals surface area contributed by atoms with Crippen LogP contribution in [0, 0.1) is 0 Å². The Morgan fingerprint density at radius 3 is 1.95 bits per heavy atom. The molecule has 0 fully saturated rings. The monoisotopic (exact) mass is 290 g/mol. The van der Waals surface area contributed by atoms with E-state index in [-0.39, 0.29) is 0 Å². The van der Waals surface area contributed by atoms with E-state index < -0.39 is 0 Å². The van der Waals surface area contributed by atoms with E-state index in [0.29, 0.717) is 6.04 Å². The van der Waals surface area contributed by atoms with Gasteiger partial charge in [-0.2, -0.15) is 0 Å². The minimum Gasteiger partial charge on any atom is -0.312 e. The van der Waals surface area contributed by atoms with Gasteiger partial charge in [0.15, 0.2) is 0 Å². The quantitative estimate of drug-likeness (QED) is 0.649. The van der Waals surface area contributed by atoms with Crippen molar-refractivity contribution in [1.29, 1.82) is 0 Å². The molecule has 1 aromatic rings. The van der Waals surface area contributed by atoms with Gasteiger partial charge in [-0.15, -0.1) is 0 Å². The van der Waals surface area contributed by atoms with Crippen LogP contribution in [0.3, 0.4) is 0 Å². The van der Waals surface area contributed by atoms with Crippen LogP contribution in [0.1, 0.15) is 63.6 Å². The molecule has 2 nitrogen and oxygen atoms in total. The Hall–Kier alpha value is -0.860. The molecule has 0 aromatic heterocycles. The summed E-state index contributed by atoms with van der Waals surface area (Å²) >= 11 is 0. The SMILES string of the molecule is CCCCN(CCCC)CC(NC)c1ccc(CC)cc1. The van der Waals surface area contributed by atoms with Crippen LogP contribution >= 0.6 is 0 Å². The van der Waals surface area contributed by atoms with Gasteiger partial charge in [-0.1, -0.05) is 57.9 Å². The molecular formula is C19H34N2. The van der Waals surface area contributed by atoms with Gasteiger partial charge in [0, 0.05) is 12.6 Å². The highest BCUT2D eigenvalue weighted by molar-refractivity contribution is 5.25. The fourth-order valence-electron chi connectivity index (χ4n) is 2.67. The molecule has 120 valence electrons. The molecule has 0 amide bonds. The lowest BCUT2D eigenvalue weighted by molar-refractivity contribution is 0.239. The standard InChI is InChI=1S/C19H34N2/c1-5-8-14-21(15-9-6-2)16-19(20-4)18-12-10-17(7-3)11-13-18/h10-13,19-20H,5-9,14-16H2,1-4H3. The maximum absolute atomic E-state index is 3.50. The summed E-state index contributed by atoms with van der Waals surface area (Å²) in [5, 5.41) is 3.50. The Morgan fingerprint density at radius 1 is 0.952 bits per heavy atom. The molecular weight excluding hydrogens is 256 g/mol. The molecule has 0 aliphatic heterocycles. The van der Waals surface area contributed by atoms with Gasteiger partial charge in [0.2, 0.25) is 0 Å². The number of likely N-dealkylation sites (N-methyl/N-ethyl adjacent to an activating group) is 1. The van der Waals surface area contributed by atoms with Crippen molar-refractivity contribution in [3.63, 3.8) is 0 Å². The molecule has 0 saturated heterocycles. The van der Waals surface area contributed by atoms with E-state index in [4.69, 9.17) is 0 Å². The Bertz CT molecular complexity index is 350. The second-order valence-corrected chi connectivity index (χ2v) is 5.94. The minimum atomic E-state index is 0.435. The number of nitrogens with zero attached hydrogens (tertiary/aromatic N) is 1. The Labute approximate surface area is 131 Å². The highest BCUT2D eigenvalue weighted by atomic mass is 15.1. The molecule has 1 aromatic carbocycles. The van der Waals surface area contributed by atoms with Gasteiger partial charge < -0.3 is 10.2 Å². The summed E-state index contributed by atoms with van der Waals surface area (Å²) < 4.78 is 0. The average Bonchev–Trinajstić information content (AvgIpc) is 2.54. The first-order valence-electron chi connectivity index (χ1n) is 8.73. The lowest BCUT2D eigenvalue weighted by atomic mass is 10.0. The van der Waals surface area contributed by atoms with Crippen LogP contribution in [0.5, 0.6) is 0 Å². The topological polar surface area (TPSA) is 15.3 Å². The van der Waals surface area contributed by atoms with Crippen molar-refractivity contribution in [3.8, 4) is 0 Å². The third-order valence-electron chi connectivity index (χ3n) is 4.24. The van der Waals surface area contributed by atoms with Crippen LogP contribution in [0.4, 0.5) is 0 Å². The van der Waals surface area contributed by atoms with Gasteiger partial charge in [-0.3, -0.25) is 0 Å². The summed E-state index contributed by atoms with van der Waals surface area (Å²) in [6.07, 6.45) is 6.27. The lowest BCUT2D eigenvalue weighted by Gasteiger charge is -2.27. The third kappa shape index (κ3) is 6.62. The van der Waals surface area contributed by atoms with E-state index in [1.165, 1.54) is 49.9 Å². The molecule has 1 unspecified atom stereocenters. The van der Waals surface area contributed by atoms with Gasteiger partial charge in [-0.05, 0) is 50.5 Å². The summed E-state index contributed by atoms with van der Waals surface area (Å²) in [5.41, 5.74) is 2.83. The molecule has 0 bridgehead atoms. The van der Waals surface area contributed by atoms with E-state index in [1.807, 2.05) is 0 Å². The molecule has 0 spiro atoms. The fourth-order valence-corrected chi connectivity index (χ4v) is 2.67.